The van der Waals surface area contributed by atoms with Crippen molar-refractivity contribution < 1.29 is 29.3 Å². The Balaban J connectivity index is 1.88. The van der Waals surface area contributed by atoms with Crippen molar-refractivity contribution in [2.24, 2.45) is 5.92 Å². The van der Waals surface area contributed by atoms with Gasteiger partial charge in [0.1, 0.15) is 18.1 Å². The van der Waals surface area contributed by atoms with Gasteiger partial charge in [-0.1, -0.05) is 24.3 Å². The van der Waals surface area contributed by atoms with Crippen LogP contribution >= 0.6 is 0 Å². The minimum atomic E-state index is -1.15. The van der Waals surface area contributed by atoms with Crippen molar-refractivity contribution in [3.8, 4) is 5.75 Å². The number of hydrogen-bond donors (Lipinski definition) is 3. The van der Waals surface area contributed by atoms with Crippen LogP contribution in [0.15, 0.2) is 60.4 Å². The molecule has 0 bridgehead atoms. The van der Waals surface area contributed by atoms with Gasteiger partial charge in [-0.05, 0) is 42.3 Å². The van der Waals surface area contributed by atoms with E-state index in [1.165, 1.54) is 18.2 Å². The van der Waals surface area contributed by atoms with E-state index in [1.807, 2.05) is 25.1 Å². The zero-order chi connectivity index (χ0) is 21.4. The molecule has 0 spiro atoms. The predicted octanol–water partition coefficient (Wildman–Crippen LogP) is 2.79. The second kappa shape index (κ2) is 7.61. The van der Waals surface area contributed by atoms with E-state index in [9.17, 15) is 19.5 Å². The summed E-state index contributed by atoms with van der Waals surface area (Å²) in [4.78, 5) is 35.5. The molecule has 30 heavy (non-hydrogen) atoms. The van der Waals surface area contributed by atoms with Crippen LogP contribution in [0.1, 0.15) is 33.0 Å². The molecule has 2 aliphatic rings. The van der Waals surface area contributed by atoms with Crippen LogP contribution in [0.2, 0.25) is 0 Å². The summed E-state index contributed by atoms with van der Waals surface area (Å²) in [6.07, 6.45) is 4.62. The van der Waals surface area contributed by atoms with Gasteiger partial charge in [0, 0.05) is 29.2 Å². The van der Waals surface area contributed by atoms with Gasteiger partial charge in [0.05, 0.1) is 5.56 Å². The molecule has 0 radical (unpaired) electrons. The lowest BCUT2D eigenvalue weighted by Crippen LogP contribution is -2.27. The van der Waals surface area contributed by atoms with E-state index in [4.69, 9.17) is 9.84 Å². The molecule has 0 saturated carbocycles. The number of aliphatic hydroxyl groups excluding tert-OH is 1. The topological polar surface area (TPSA) is 113 Å². The van der Waals surface area contributed by atoms with Crippen LogP contribution < -0.4 is 10.1 Å². The van der Waals surface area contributed by atoms with Gasteiger partial charge < -0.3 is 20.3 Å². The van der Waals surface area contributed by atoms with E-state index >= 15 is 0 Å². The Labute approximate surface area is 172 Å². The highest BCUT2D eigenvalue weighted by Gasteiger charge is 2.38. The third-order valence-electron chi connectivity index (χ3n) is 5.22. The normalized spacial score (nSPS) is 19.3. The maximum Gasteiger partial charge on any atom is 0.336 e. The highest BCUT2D eigenvalue weighted by atomic mass is 16.5. The number of ether oxygens (including phenoxy) is 1. The van der Waals surface area contributed by atoms with E-state index in [2.05, 4.69) is 5.32 Å². The van der Waals surface area contributed by atoms with Gasteiger partial charge in [-0.25, -0.2) is 4.79 Å². The molecule has 1 heterocycles. The monoisotopic (exact) mass is 405 g/mol. The summed E-state index contributed by atoms with van der Waals surface area (Å²) >= 11 is 0. The lowest BCUT2D eigenvalue weighted by Gasteiger charge is -2.36. The molecule has 3 N–H and O–H groups in total. The third kappa shape index (κ3) is 3.51. The summed E-state index contributed by atoms with van der Waals surface area (Å²) in [6, 6.07) is 10.3. The molecule has 1 amide bonds. The number of hydrogen-bond acceptors (Lipinski definition) is 5. The quantitative estimate of drug-likeness (QED) is 0.721. The SMILES string of the molecule is Cc1ccc2c(c1)OC1=CC(=O)C=CC1C2c1ccc(NC(=O)CO)cc1C(=O)O. The molecule has 152 valence electrons. The number of aromatic carboxylic acids is 1. The number of carbonyl (C=O) groups is 3. The average molecular weight is 405 g/mol. The van der Waals surface area contributed by atoms with E-state index in [-0.39, 0.29) is 23.0 Å². The Morgan fingerprint density at radius 3 is 2.63 bits per heavy atom. The Morgan fingerprint density at radius 2 is 1.90 bits per heavy atom. The first-order valence-corrected chi connectivity index (χ1v) is 9.37. The van der Waals surface area contributed by atoms with Crippen molar-refractivity contribution in [2.75, 3.05) is 11.9 Å². The molecular weight excluding hydrogens is 386 g/mol. The van der Waals surface area contributed by atoms with Crippen molar-refractivity contribution in [2.45, 2.75) is 12.8 Å². The lowest BCUT2D eigenvalue weighted by molar-refractivity contribution is -0.118. The average Bonchev–Trinajstić information content (AvgIpc) is 2.71. The molecule has 0 aromatic heterocycles. The summed E-state index contributed by atoms with van der Waals surface area (Å²) in [5, 5.41) is 21.3. The van der Waals surface area contributed by atoms with E-state index in [0.29, 0.717) is 17.1 Å². The lowest BCUT2D eigenvalue weighted by atomic mass is 9.74. The Kier molecular flexibility index (Phi) is 4.97. The van der Waals surface area contributed by atoms with Crippen molar-refractivity contribution in [1.29, 1.82) is 0 Å². The number of nitrogens with one attached hydrogen (secondary N) is 1. The number of benzene rings is 2. The summed E-state index contributed by atoms with van der Waals surface area (Å²) in [7, 11) is 0. The first-order valence-electron chi connectivity index (χ1n) is 9.37. The number of carboxylic acids is 1. The summed E-state index contributed by atoms with van der Waals surface area (Å²) in [5.41, 5.74) is 2.62. The van der Waals surface area contributed by atoms with Gasteiger partial charge in [0.15, 0.2) is 5.78 Å². The van der Waals surface area contributed by atoms with Gasteiger partial charge in [-0.15, -0.1) is 0 Å². The van der Waals surface area contributed by atoms with Crippen LogP contribution in [0.3, 0.4) is 0 Å². The second-order valence-corrected chi connectivity index (χ2v) is 7.27. The van der Waals surface area contributed by atoms with Crippen LogP contribution in [0.25, 0.3) is 0 Å². The van der Waals surface area contributed by atoms with Crippen molar-refractivity contribution in [3.05, 3.63) is 82.6 Å². The van der Waals surface area contributed by atoms with Crippen LogP contribution in [0.5, 0.6) is 5.75 Å². The van der Waals surface area contributed by atoms with Gasteiger partial charge in [-0.3, -0.25) is 9.59 Å². The first-order chi connectivity index (χ1) is 14.4. The van der Waals surface area contributed by atoms with Gasteiger partial charge in [-0.2, -0.15) is 0 Å². The van der Waals surface area contributed by atoms with Crippen molar-refractivity contribution in [3.63, 3.8) is 0 Å². The molecule has 0 saturated heterocycles. The number of rotatable bonds is 4. The molecule has 7 heteroatoms. The molecule has 2 aromatic carbocycles. The molecule has 1 aliphatic heterocycles. The minimum absolute atomic E-state index is 0.0221. The summed E-state index contributed by atoms with van der Waals surface area (Å²) in [6.45, 7) is 1.22. The van der Waals surface area contributed by atoms with E-state index in [0.717, 1.165) is 11.1 Å². The van der Waals surface area contributed by atoms with Crippen LogP contribution in [0, 0.1) is 12.8 Å². The van der Waals surface area contributed by atoms with Crippen LogP contribution in [0.4, 0.5) is 5.69 Å². The maximum atomic E-state index is 12.1. The van der Waals surface area contributed by atoms with E-state index in [1.54, 1.807) is 18.2 Å². The maximum absolute atomic E-state index is 12.1. The molecule has 2 unspecified atom stereocenters. The standard InChI is InChI=1S/C23H19NO6/c1-12-2-5-16-19(8-12)30-20-10-14(26)4-7-17(20)22(16)15-6-3-13(24-21(27)11-25)9-18(15)23(28)29/h2-10,17,22,25H,11H2,1H3,(H,24,27)(H,28,29). The molecule has 4 rings (SSSR count). The van der Waals surface area contributed by atoms with Gasteiger partial charge >= 0.3 is 5.97 Å². The zero-order valence-corrected chi connectivity index (χ0v) is 16.1. The number of anilines is 1. The van der Waals surface area contributed by atoms with Gasteiger partial charge in [0.2, 0.25) is 5.91 Å². The van der Waals surface area contributed by atoms with Gasteiger partial charge in [0.25, 0.3) is 0 Å². The molecule has 0 fully saturated rings. The highest BCUT2D eigenvalue weighted by Crippen LogP contribution is 2.48. The van der Waals surface area contributed by atoms with Crippen molar-refractivity contribution >= 4 is 23.3 Å². The number of amides is 1. The molecule has 7 nitrogen and oxygen atoms in total. The Morgan fingerprint density at radius 1 is 1.13 bits per heavy atom. The van der Waals surface area contributed by atoms with Crippen molar-refractivity contribution in [1.82, 2.24) is 0 Å². The molecule has 2 atom stereocenters. The number of allylic oxidation sites excluding steroid dienone is 3. The smallest absolute Gasteiger partial charge is 0.336 e. The fraction of sp³-hybridized carbons (Fsp3) is 0.174. The number of aliphatic hydroxyl groups is 1. The Bertz CT molecular complexity index is 1130. The second-order valence-electron chi connectivity index (χ2n) is 7.27. The fourth-order valence-electron chi connectivity index (χ4n) is 3.91. The number of fused-ring (bicyclic) bond motifs is 2. The van der Waals surface area contributed by atoms with E-state index < -0.39 is 24.4 Å². The number of carbonyl (C=O) groups excluding carboxylic acids is 2. The summed E-state index contributed by atoms with van der Waals surface area (Å²) < 4.78 is 5.99. The number of ketones is 1. The first kappa shape index (κ1) is 19.6. The third-order valence-corrected chi connectivity index (χ3v) is 5.22. The summed E-state index contributed by atoms with van der Waals surface area (Å²) in [5.74, 6) is -1.64. The molecule has 1 aliphatic carbocycles. The largest absolute Gasteiger partial charge is 0.478 e. The molecular formula is C23H19NO6. The Hall–Kier alpha value is -3.71. The van der Waals surface area contributed by atoms with Crippen LogP contribution in [-0.4, -0.2) is 34.5 Å². The fourth-order valence-corrected chi connectivity index (χ4v) is 3.91. The molecule has 2 aromatic rings. The predicted molar refractivity (Wildman–Crippen MR) is 108 cm³/mol. The highest BCUT2D eigenvalue weighted by molar-refractivity contribution is 6.01. The number of aryl methyl sites for hydroxylation is 1. The minimum Gasteiger partial charge on any atom is -0.478 e. The zero-order valence-electron chi connectivity index (χ0n) is 16.1. The number of carboxylic acid groups (broad SMARTS) is 1. The van der Waals surface area contributed by atoms with Crippen LogP contribution in [-0.2, 0) is 9.59 Å².